The molecular formula is C27H23N5O2. The van der Waals surface area contributed by atoms with E-state index in [2.05, 4.69) is 33.0 Å². The predicted octanol–water partition coefficient (Wildman–Crippen LogP) is 4.56. The fraction of sp³-hybridized carbons (Fsp3) is 0.111. The van der Waals surface area contributed by atoms with Crippen LogP contribution in [0.1, 0.15) is 28.8 Å². The zero-order chi connectivity index (χ0) is 23.3. The third-order valence-corrected chi connectivity index (χ3v) is 5.76. The van der Waals surface area contributed by atoms with Crippen LogP contribution in [0, 0.1) is 0 Å². The first-order valence-electron chi connectivity index (χ1n) is 11.1. The highest BCUT2D eigenvalue weighted by Gasteiger charge is 2.15. The lowest BCUT2D eigenvalue weighted by atomic mass is 10.0. The Hall–Kier alpha value is -4.52. The Morgan fingerprint density at radius 2 is 1.65 bits per heavy atom. The van der Waals surface area contributed by atoms with Crippen LogP contribution in [0.5, 0.6) is 0 Å². The lowest BCUT2D eigenvalue weighted by molar-refractivity contribution is -0.121. The van der Waals surface area contributed by atoms with E-state index in [-0.39, 0.29) is 18.2 Å². The lowest BCUT2D eigenvalue weighted by Gasteiger charge is -2.08. The van der Waals surface area contributed by atoms with Crippen molar-refractivity contribution in [3.05, 3.63) is 96.3 Å². The number of hydrogen-bond donors (Lipinski definition) is 3. The number of hydrogen-bond acceptors (Lipinski definition) is 4. The molecule has 0 aliphatic rings. The minimum Gasteiger partial charge on any atom is -0.353 e. The maximum absolute atomic E-state index is 12.3. The summed E-state index contributed by atoms with van der Waals surface area (Å²) in [5.41, 5.74) is 10.3. The molecular weight excluding hydrogens is 426 g/mol. The molecule has 7 heteroatoms. The number of H-pyrrole nitrogens is 1. The normalized spacial score (nSPS) is 10.9. The summed E-state index contributed by atoms with van der Waals surface area (Å²) in [5.74, 6) is -0.621. The second-order valence-corrected chi connectivity index (χ2v) is 8.01. The molecule has 0 fully saturated rings. The van der Waals surface area contributed by atoms with Gasteiger partial charge in [-0.2, -0.15) is 0 Å². The van der Waals surface area contributed by atoms with E-state index in [1.165, 1.54) is 12.4 Å². The number of hydrazine groups is 1. The quantitative estimate of drug-likeness (QED) is 0.331. The van der Waals surface area contributed by atoms with Gasteiger partial charge in [0.05, 0.1) is 16.9 Å². The third-order valence-electron chi connectivity index (χ3n) is 5.76. The number of pyridine rings is 2. The van der Waals surface area contributed by atoms with Gasteiger partial charge < -0.3 is 4.98 Å². The number of aryl methyl sites for hydroxylation is 1. The van der Waals surface area contributed by atoms with Crippen molar-refractivity contribution in [3.8, 4) is 11.4 Å². The monoisotopic (exact) mass is 449 g/mol. The lowest BCUT2D eigenvalue weighted by Crippen LogP contribution is -2.41. The smallest absolute Gasteiger partial charge is 0.269 e. The van der Waals surface area contributed by atoms with Gasteiger partial charge in [-0.25, -0.2) is 4.98 Å². The number of nitrogens with one attached hydrogen (secondary N) is 3. The Bertz CT molecular complexity index is 1480. The zero-order valence-electron chi connectivity index (χ0n) is 18.4. The second-order valence-electron chi connectivity index (χ2n) is 8.01. The Morgan fingerprint density at radius 3 is 2.53 bits per heavy atom. The Labute approximate surface area is 196 Å². The number of carbonyl (C=O) groups excluding carboxylic acids is 2. The van der Waals surface area contributed by atoms with Crippen LogP contribution in [0.2, 0.25) is 0 Å². The molecule has 0 aliphatic heterocycles. The van der Waals surface area contributed by atoms with Gasteiger partial charge in [0.2, 0.25) is 5.91 Å². The molecule has 7 nitrogen and oxygen atoms in total. The number of carbonyl (C=O) groups is 2. The van der Waals surface area contributed by atoms with Crippen LogP contribution in [0.4, 0.5) is 0 Å². The van der Waals surface area contributed by atoms with E-state index < -0.39 is 0 Å². The van der Waals surface area contributed by atoms with Gasteiger partial charge in [0.25, 0.3) is 5.91 Å². The molecule has 0 atom stereocenters. The number of aromatic amines is 1. The Balaban J connectivity index is 1.29. The molecule has 0 unspecified atom stereocenters. The molecule has 0 aliphatic carbocycles. The first kappa shape index (κ1) is 21.3. The minimum absolute atomic E-state index is 0.243. The van der Waals surface area contributed by atoms with Gasteiger partial charge in [0, 0.05) is 40.7 Å². The third kappa shape index (κ3) is 4.49. The average molecular weight is 450 g/mol. The number of rotatable bonds is 6. The van der Waals surface area contributed by atoms with Crippen LogP contribution in [-0.2, 0) is 11.2 Å². The molecule has 0 saturated carbocycles. The van der Waals surface area contributed by atoms with Crippen LogP contribution in [0.3, 0.4) is 0 Å². The highest BCUT2D eigenvalue weighted by molar-refractivity contribution is 5.95. The highest BCUT2D eigenvalue weighted by Crippen LogP contribution is 2.31. The summed E-state index contributed by atoms with van der Waals surface area (Å²) < 4.78 is 0. The van der Waals surface area contributed by atoms with Crippen molar-refractivity contribution < 1.29 is 9.59 Å². The van der Waals surface area contributed by atoms with Crippen LogP contribution < -0.4 is 10.9 Å². The first-order valence-corrected chi connectivity index (χ1v) is 11.1. The molecule has 0 spiro atoms. The van der Waals surface area contributed by atoms with Gasteiger partial charge in [-0.05, 0) is 48.7 Å². The van der Waals surface area contributed by atoms with E-state index in [0.717, 1.165) is 38.8 Å². The number of nitrogens with zero attached hydrogens (tertiary/aromatic N) is 2. The maximum Gasteiger partial charge on any atom is 0.269 e. The van der Waals surface area contributed by atoms with Gasteiger partial charge >= 0.3 is 0 Å². The summed E-state index contributed by atoms with van der Waals surface area (Å²) in [6, 6.07) is 23.4. The van der Waals surface area contributed by atoms with E-state index in [1.807, 2.05) is 48.5 Å². The molecule has 2 amide bonds. The predicted molar refractivity (Wildman–Crippen MR) is 132 cm³/mol. The number of amides is 2. The van der Waals surface area contributed by atoms with E-state index in [4.69, 9.17) is 4.98 Å². The number of benzene rings is 2. The molecule has 34 heavy (non-hydrogen) atoms. The Kier molecular flexibility index (Phi) is 5.99. The van der Waals surface area contributed by atoms with Gasteiger partial charge in [-0.1, -0.05) is 42.5 Å². The number of para-hydroxylation sites is 2. The van der Waals surface area contributed by atoms with E-state index >= 15 is 0 Å². The van der Waals surface area contributed by atoms with Crippen molar-refractivity contribution in [2.45, 2.75) is 19.3 Å². The summed E-state index contributed by atoms with van der Waals surface area (Å²) in [4.78, 5) is 36.7. The van der Waals surface area contributed by atoms with Gasteiger partial charge in [-0.15, -0.1) is 0 Å². The molecule has 0 saturated heterocycles. The van der Waals surface area contributed by atoms with E-state index in [1.54, 1.807) is 12.1 Å². The van der Waals surface area contributed by atoms with Crippen LogP contribution in [0.25, 0.3) is 33.2 Å². The molecule has 2 aromatic carbocycles. The van der Waals surface area contributed by atoms with Gasteiger partial charge in [0.15, 0.2) is 0 Å². The van der Waals surface area contributed by atoms with Crippen LogP contribution in [-0.4, -0.2) is 26.8 Å². The molecule has 3 N–H and O–H groups in total. The largest absolute Gasteiger partial charge is 0.353 e. The fourth-order valence-electron chi connectivity index (χ4n) is 4.07. The van der Waals surface area contributed by atoms with Crippen molar-refractivity contribution >= 4 is 33.6 Å². The maximum atomic E-state index is 12.3. The van der Waals surface area contributed by atoms with Crippen molar-refractivity contribution in [1.29, 1.82) is 0 Å². The molecule has 5 aromatic rings. The summed E-state index contributed by atoms with van der Waals surface area (Å²) >= 11 is 0. The summed E-state index contributed by atoms with van der Waals surface area (Å²) in [6.07, 6.45) is 4.65. The van der Waals surface area contributed by atoms with E-state index in [9.17, 15) is 9.59 Å². The molecule has 0 bridgehead atoms. The SMILES string of the molecule is O=C(CCCc1c(-c2ccc3ccccc3n2)[nH]c2ccccc12)NNC(=O)c1ccncc1. The topological polar surface area (TPSA) is 99.8 Å². The van der Waals surface area contributed by atoms with Crippen LogP contribution in [0.15, 0.2) is 85.2 Å². The average Bonchev–Trinajstić information content (AvgIpc) is 3.26. The highest BCUT2D eigenvalue weighted by atomic mass is 16.2. The molecule has 5 rings (SSSR count). The standard InChI is InChI=1S/C27H23N5O2/c33-25(31-32-27(34)19-14-16-28-17-15-19)11-5-8-21-20-7-2-4-10-23(20)30-26(21)24-13-12-18-6-1-3-9-22(18)29-24/h1-4,6-7,9-10,12-17,30H,5,8,11H2,(H,31,33)(H,32,34). The number of fused-ring (bicyclic) bond motifs is 2. The second kappa shape index (κ2) is 9.54. The van der Waals surface area contributed by atoms with Gasteiger partial charge in [-0.3, -0.25) is 25.4 Å². The van der Waals surface area contributed by atoms with Crippen molar-refractivity contribution in [2.75, 3.05) is 0 Å². The molecule has 3 heterocycles. The van der Waals surface area contributed by atoms with Crippen molar-refractivity contribution in [3.63, 3.8) is 0 Å². The first-order chi connectivity index (χ1) is 16.7. The number of aromatic nitrogens is 3. The van der Waals surface area contributed by atoms with Gasteiger partial charge in [0.1, 0.15) is 0 Å². The van der Waals surface area contributed by atoms with Crippen LogP contribution >= 0.6 is 0 Å². The van der Waals surface area contributed by atoms with Crippen molar-refractivity contribution in [1.82, 2.24) is 25.8 Å². The summed E-state index contributed by atoms with van der Waals surface area (Å²) in [7, 11) is 0. The van der Waals surface area contributed by atoms with Crippen molar-refractivity contribution in [2.24, 2.45) is 0 Å². The summed E-state index contributed by atoms with van der Waals surface area (Å²) in [6.45, 7) is 0. The molecule has 168 valence electrons. The molecule has 0 radical (unpaired) electrons. The minimum atomic E-state index is -0.378. The summed E-state index contributed by atoms with van der Waals surface area (Å²) in [5, 5.41) is 2.22. The van der Waals surface area contributed by atoms with E-state index in [0.29, 0.717) is 18.4 Å². The molecule has 3 aromatic heterocycles. The fourth-order valence-corrected chi connectivity index (χ4v) is 4.07. The Morgan fingerprint density at radius 1 is 0.853 bits per heavy atom. The zero-order valence-corrected chi connectivity index (χ0v) is 18.4.